The van der Waals surface area contributed by atoms with E-state index in [4.69, 9.17) is 4.74 Å². The molecule has 202 valence electrons. The maximum atomic E-state index is 16.3. The predicted molar refractivity (Wildman–Crippen MR) is 145 cm³/mol. The number of likely N-dealkylation sites (N-methyl/N-ethyl adjacent to an activating group) is 2. The number of fused-ring (bicyclic) bond motifs is 2. The Bertz CT molecular complexity index is 1470. The molecule has 4 heterocycles. The van der Waals surface area contributed by atoms with Gasteiger partial charge in [0, 0.05) is 43.2 Å². The van der Waals surface area contributed by atoms with Gasteiger partial charge in [0.15, 0.2) is 17.2 Å². The van der Waals surface area contributed by atoms with Crippen molar-refractivity contribution in [3.63, 3.8) is 0 Å². The monoisotopic (exact) mass is 521 g/mol. The second kappa shape index (κ2) is 10.3. The number of rotatable bonds is 7. The van der Waals surface area contributed by atoms with Gasteiger partial charge in [-0.1, -0.05) is 13.8 Å². The van der Waals surface area contributed by atoms with Crippen molar-refractivity contribution in [2.24, 2.45) is 0 Å². The largest absolute Gasteiger partial charge is 0.493 e. The zero-order valence-corrected chi connectivity index (χ0v) is 23.0. The summed E-state index contributed by atoms with van der Waals surface area (Å²) in [5.74, 6) is 0.583. The number of ether oxygens (including phenoxy) is 1. The van der Waals surface area contributed by atoms with E-state index in [1.165, 1.54) is 6.33 Å². The Morgan fingerprint density at radius 1 is 1.21 bits per heavy atom. The van der Waals surface area contributed by atoms with E-state index < -0.39 is 0 Å². The Balaban J connectivity index is 1.47. The number of nitrogens with one attached hydrogen (secondary N) is 1. The van der Waals surface area contributed by atoms with E-state index >= 15 is 4.39 Å². The lowest BCUT2D eigenvalue weighted by atomic mass is 9.82. The molecule has 0 bridgehead atoms. The molecule has 0 aliphatic heterocycles. The quantitative estimate of drug-likeness (QED) is 0.383. The summed E-state index contributed by atoms with van der Waals surface area (Å²) in [7, 11) is 7.15. The van der Waals surface area contributed by atoms with E-state index in [-0.39, 0.29) is 23.6 Å². The van der Waals surface area contributed by atoms with Crippen LogP contribution in [0.4, 0.5) is 4.39 Å². The van der Waals surface area contributed by atoms with Gasteiger partial charge in [-0.3, -0.25) is 14.7 Å². The molecule has 1 aliphatic rings. The predicted octanol–water partition coefficient (Wildman–Crippen LogP) is 4.59. The first-order chi connectivity index (χ1) is 18.2. The van der Waals surface area contributed by atoms with E-state index in [0.717, 1.165) is 42.5 Å². The maximum absolute atomic E-state index is 16.3. The number of pyridine rings is 2. The Labute approximate surface area is 222 Å². The highest BCUT2D eigenvalue weighted by Gasteiger charge is 2.30. The van der Waals surface area contributed by atoms with Crippen molar-refractivity contribution in [2.75, 3.05) is 34.8 Å². The minimum Gasteiger partial charge on any atom is -0.493 e. The second-order valence-corrected chi connectivity index (χ2v) is 10.8. The standard InChI is InChI=1S/C28H36FN7O2/c1-16(2)23-24-20(33-26(23)18-11-21(38-6)28-31-15-32-36(28)13-18)12-30-27(25(24)29)17-7-9-19(10-8-17)35(5)14-22(37)34(3)4/h11-13,15-17,19,33H,7-10,14H2,1-6H3. The van der Waals surface area contributed by atoms with Gasteiger partial charge in [-0.25, -0.2) is 13.9 Å². The van der Waals surface area contributed by atoms with Gasteiger partial charge in [-0.2, -0.15) is 5.10 Å². The van der Waals surface area contributed by atoms with E-state index in [2.05, 4.69) is 38.8 Å². The number of H-pyrrole nitrogens is 1. The molecule has 0 saturated heterocycles. The van der Waals surface area contributed by atoms with Crippen LogP contribution in [0.5, 0.6) is 5.75 Å². The fourth-order valence-corrected chi connectivity index (χ4v) is 5.73. The molecule has 9 nitrogen and oxygen atoms in total. The molecule has 5 rings (SSSR count). The van der Waals surface area contributed by atoms with Gasteiger partial charge in [-0.15, -0.1) is 0 Å². The number of amides is 1. The summed E-state index contributed by atoms with van der Waals surface area (Å²) in [6, 6.07) is 2.22. The summed E-state index contributed by atoms with van der Waals surface area (Å²) in [5.41, 5.74) is 4.44. The third-order valence-electron chi connectivity index (χ3n) is 7.86. The summed E-state index contributed by atoms with van der Waals surface area (Å²) in [5, 5.41) is 4.88. The van der Waals surface area contributed by atoms with Crippen LogP contribution in [0.25, 0.3) is 27.8 Å². The first kappa shape index (κ1) is 26.1. The molecule has 4 aromatic rings. The number of nitrogens with zero attached hydrogens (tertiary/aromatic N) is 6. The molecule has 1 aliphatic carbocycles. The van der Waals surface area contributed by atoms with Gasteiger partial charge in [0.1, 0.15) is 6.33 Å². The molecule has 10 heteroatoms. The molecule has 4 aromatic heterocycles. The summed E-state index contributed by atoms with van der Waals surface area (Å²) in [6.07, 6.45) is 8.64. The minimum atomic E-state index is -0.234. The van der Waals surface area contributed by atoms with Crippen LogP contribution in [-0.2, 0) is 4.79 Å². The van der Waals surface area contributed by atoms with Crippen molar-refractivity contribution >= 4 is 22.5 Å². The highest BCUT2D eigenvalue weighted by atomic mass is 19.1. The first-order valence-corrected chi connectivity index (χ1v) is 13.2. The fraction of sp³-hybridized carbons (Fsp3) is 0.500. The van der Waals surface area contributed by atoms with E-state index in [0.29, 0.717) is 40.6 Å². The lowest BCUT2D eigenvalue weighted by molar-refractivity contribution is -0.130. The summed E-state index contributed by atoms with van der Waals surface area (Å²) in [4.78, 5) is 28.2. The van der Waals surface area contributed by atoms with Gasteiger partial charge >= 0.3 is 0 Å². The molecule has 1 saturated carbocycles. The smallest absolute Gasteiger partial charge is 0.236 e. The number of halogens is 1. The van der Waals surface area contributed by atoms with Gasteiger partial charge < -0.3 is 14.6 Å². The average molecular weight is 522 g/mol. The first-order valence-electron chi connectivity index (χ1n) is 13.2. The molecular formula is C28H36FN7O2. The number of aromatic nitrogens is 5. The second-order valence-electron chi connectivity index (χ2n) is 10.8. The molecular weight excluding hydrogens is 485 g/mol. The van der Waals surface area contributed by atoms with Crippen LogP contribution >= 0.6 is 0 Å². The normalized spacial score (nSPS) is 18.1. The van der Waals surface area contributed by atoms with Crippen LogP contribution < -0.4 is 4.74 Å². The number of carbonyl (C=O) groups is 1. The van der Waals surface area contributed by atoms with E-state index in [1.807, 2.05) is 19.3 Å². The summed E-state index contributed by atoms with van der Waals surface area (Å²) in [6.45, 7) is 4.55. The molecule has 1 amide bonds. The third kappa shape index (κ3) is 4.62. The van der Waals surface area contributed by atoms with Crippen molar-refractivity contribution in [1.82, 2.24) is 34.4 Å². The fourth-order valence-electron chi connectivity index (χ4n) is 5.73. The van der Waals surface area contributed by atoms with Crippen molar-refractivity contribution in [1.29, 1.82) is 0 Å². The Kier molecular flexibility index (Phi) is 7.09. The zero-order valence-electron chi connectivity index (χ0n) is 23.0. The molecule has 0 aromatic carbocycles. The van der Waals surface area contributed by atoms with Crippen LogP contribution in [0.1, 0.15) is 62.6 Å². The lowest BCUT2D eigenvalue weighted by Crippen LogP contribution is -2.41. The van der Waals surface area contributed by atoms with Crippen LogP contribution in [0.3, 0.4) is 0 Å². The average Bonchev–Trinajstić information content (AvgIpc) is 3.53. The molecule has 0 unspecified atom stereocenters. The van der Waals surface area contributed by atoms with E-state index in [9.17, 15) is 4.79 Å². The van der Waals surface area contributed by atoms with Crippen molar-refractivity contribution in [3.05, 3.63) is 41.9 Å². The van der Waals surface area contributed by atoms with Crippen LogP contribution in [0.2, 0.25) is 0 Å². The zero-order chi connectivity index (χ0) is 27.1. The van der Waals surface area contributed by atoms with Gasteiger partial charge in [0.05, 0.1) is 36.8 Å². The van der Waals surface area contributed by atoms with Crippen molar-refractivity contribution < 1.29 is 13.9 Å². The Morgan fingerprint density at radius 2 is 1.95 bits per heavy atom. The summed E-state index contributed by atoms with van der Waals surface area (Å²) >= 11 is 0. The van der Waals surface area contributed by atoms with Crippen molar-refractivity contribution in [3.8, 4) is 17.0 Å². The molecule has 38 heavy (non-hydrogen) atoms. The highest BCUT2D eigenvalue weighted by molar-refractivity contribution is 5.92. The van der Waals surface area contributed by atoms with Gasteiger partial charge in [0.2, 0.25) is 5.91 Å². The molecule has 1 fully saturated rings. The Hall–Kier alpha value is -3.53. The number of carbonyl (C=O) groups excluding carboxylic acids is 1. The lowest BCUT2D eigenvalue weighted by Gasteiger charge is -2.34. The minimum absolute atomic E-state index is 0.0542. The Morgan fingerprint density at radius 3 is 2.61 bits per heavy atom. The van der Waals surface area contributed by atoms with Crippen molar-refractivity contribution in [2.45, 2.75) is 57.4 Å². The maximum Gasteiger partial charge on any atom is 0.236 e. The molecule has 0 atom stereocenters. The molecule has 1 N–H and O–H groups in total. The van der Waals surface area contributed by atoms with Gasteiger partial charge in [0.25, 0.3) is 0 Å². The SMILES string of the molecule is COc1cc(-c2[nH]c3cnc(C4CCC(N(C)CC(=O)N(C)C)CC4)c(F)c3c2C(C)C)cn2ncnc12. The van der Waals surface area contributed by atoms with Crippen LogP contribution in [0.15, 0.2) is 24.8 Å². The van der Waals surface area contributed by atoms with Crippen LogP contribution in [-0.4, -0.2) is 81.1 Å². The third-order valence-corrected chi connectivity index (χ3v) is 7.86. The summed E-state index contributed by atoms with van der Waals surface area (Å²) < 4.78 is 23.5. The number of methoxy groups -OCH3 is 1. The number of aromatic amines is 1. The molecule has 0 spiro atoms. The van der Waals surface area contributed by atoms with E-state index in [1.54, 1.807) is 36.8 Å². The number of hydrogen-bond acceptors (Lipinski definition) is 6. The number of hydrogen-bond donors (Lipinski definition) is 1. The van der Waals surface area contributed by atoms with Crippen LogP contribution in [0, 0.1) is 5.82 Å². The van der Waals surface area contributed by atoms with Gasteiger partial charge in [-0.05, 0) is 50.3 Å². The topological polar surface area (TPSA) is 91.7 Å². The highest BCUT2D eigenvalue weighted by Crippen LogP contribution is 2.41. The molecule has 0 radical (unpaired) electrons.